The molecule has 0 fully saturated rings. The standard InChI is InChI=1S/C22H22N2/c1-16-14-17(2)21(18(3)15-16)23-24-22(19-10-6-4-7-11-19)20-12-8-5-9-13-20/h4-15,23H,1-3H3. The summed E-state index contributed by atoms with van der Waals surface area (Å²) in [5.41, 5.74) is 11.2. The minimum atomic E-state index is 0.940. The predicted molar refractivity (Wildman–Crippen MR) is 103 cm³/mol. The summed E-state index contributed by atoms with van der Waals surface area (Å²) in [4.78, 5) is 0. The first-order valence-electron chi connectivity index (χ1n) is 8.17. The molecule has 0 radical (unpaired) electrons. The highest BCUT2D eigenvalue weighted by atomic mass is 15.3. The molecule has 24 heavy (non-hydrogen) atoms. The Balaban J connectivity index is 2.02. The van der Waals surface area contributed by atoms with Gasteiger partial charge in [0.05, 0.1) is 11.4 Å². The Kier molecular flexibility index (Phi) is 4.76. The van der Waals surface area contributed by atoms with Crippen LogP contribution < -0.4 is 5.43 Å². The van der Waals surface area contributed by atoms with E-state index in [9.17, 15) is 0 Å². The van der Waals surface area contributed by atoms with Gasteiger partial charge in [-0.3, -0.25) is 5.43 Å². The van der Waals surface area contributed by atoms with Crippen molar-refractivity contribution in [1.82, 2.24) is 0 Å². The highest BCUT2D eigenvalue weighted by Crippen LogP contribution is 2.22. The molecular weight excluding hydrogens is 292 g/mol. The highest BCUT2D eigenvalue weighted by molar-refractivity contribution is 6.13. The maximum Gasteiger partial charge on any atom is 0.0977 e. The minimum absolute atomic E-state index is 0.940. The molecule has 0 amide bonds. The first-order chi connectivity index (χ1) is 11.6. The van der Waals surface area contributed by atoms with Crippen LogP contribution in [0.15, 0.2) is 77.9 Å². The van der Waals surface area contributed by atoms with E-state index in [2.05, 4.69) is 62.6 Å². The molecule has 0 atom stereocenters. The number of hydrogen-bond acceptors (Lipinski definition) is 2. The molecular formula is C22H22N2. The van der Waals surface area contributed by atoms with Gasteiger partial charge < -0.3 is 0 Å². The Labute approximate surface area is 143 Å². The monoisotopic (exact) mass is 314 g/mol. The molecule has 0 bridgehead atoms. The van der Waals surface area contributed by atoms with Crippen molar-refractivity contribution in [3.63, 3.8) is 0 Å². The van der Waals surface area contributed by atoms with E-state index in [1.54, 1.807) is 0 Å². The topological polar surface area (TPSA) is 24.4 Å². The van der Waals surface area contributed by atoms with Crippen LogP contribution in [0, 0.1) is 20.8 Å². The molecule has 0 unspecified atom stereocenters. The molecule has 0 spiro atoms. The van der Waals surface area contributed by atoms with Gasteiger partial charge in [0.1, 0.15) is 0 Å². The molecule has 3 aromatic carbocycles. The van der Waals surface area contributed by atoms with E-state index in [1.807, 2.05) is 36.4 Å². The van der Waals surface area contributed by atoms with E-state index in [1.165, 1.54) is 16.7 Å². The van der Waals surface area contributed by atoms with Crippen LogP contribution in [0.25, 0.3) is 0 Å². The molecule has 0 saturated heterocycles. The van der Waals surface area contributed by atoms with Gasteiger partial charge in [-0.2, -0.15) is 5.10 Å². The van der Waals surface area contributed by atoms with Crippen LogP contribution in [-0.4, -0.2) is 5.71 Å². The lowest BCUT2D eigenvalue weighted by Gasteiger charge is -2.13. The Morgan fingerprint density at radius 2 is 1.17 bits per heavy atom. The van der Waals surface area contributed by atoms with Gasteiger partial charge in [-0.05, 0) is 31.9 Å². The number of hydrazone groups is 1. The third-order valence-electron chi connectivity index (χ3n) is 4.05. The molecule has 0 aromatic heterocycles. The molecule has 0 aliphatic carbocycles. The second-order valence-electron chi connectivity index (χ2n) is 6.08. The number of aryl methyl sites for hydroxylation is 3. The summed E-state index contributed by atoms with van der Waals surface area (Å²) in [6, 6.07) is 24.9. The Morgan fingerprint density at radius 3 is 1.62 bits per heavy atom. The van der Waals surface area contributed by atoms with Crippen molar-refractivity contribution >= 4 is 11.4 Å². The molecule has 3 rings (SSSR count). The van der Waals surface area contributed by atoms with Crippen LogP contribution in [0.5, 0.6) is 0 Å². The number of hydrogen-bond donors (Lipinski definition) is 1. The number of nitrogens with one attached hydrogen (secondary N) is 1. The van der Waals surface area contributed by atoms with Gasteiger partial charge in [-0.15, -0.1) is 0 Å². The zero-order valence-corrected chi connectivity index (χ0v) is 14.4. The fraction of sp³-hybridized carbons (Fsp3) is 0.136. The quantitative estimate of drug-likeness (QED) is 0.501. The molecule has 1 N–H and O–H groups in total. The maximum absolute atomic E-state index is 4.75. The van der Waals surface area contributed by atoms with Gasteiger partial charge in [0.2, 0.25) is 0 Å². The minimum Gasteiger partial charge on any atom is -0.277 e. The van der Waals surface area contributed by atoms with Crippen molar-refractivity contribution in [3.05, 3.63) is 101 Å². The van der Waals surface area contributed by atoms with Crippen LogP contribution in [0.4, 0.5) is 5.69 Å². The number of anilines is 1. The van der Waals surface area contributed by atoms with E-state index < -0.39 is 0 Å². The maximum atomic E-state index is 4.75. The van der Waals surface area contributed by atoms with Crippen LogP contribution in [0.3, 0.4) is 0 Å². The normalized spacial score (nSPS) is 10.3. The summed E-state index contributed by atoms with van der Waals surface area (Å²) in [7, 11) is 0. The SMILES string of the molecule is Cc1cc(C)c(NN=C(c2ccccc2)c2ccccc2)c(C)c1. The van der Waals surface area contributed by atoms with E-state index in [0.717, 1.165) is 22.5 Å². The van der Waals surface area contributed by atoms with Crippen molar-refractivity contribution in [2.45, 2.75) is 20.8 Å². The van der Waals surface area contributed by atoms with Crippen LogP contribution >= 0.6 is 0 Å². The summed E-state index contributed by atoms with van der Waals surface area (Å²) >= 11 is 0. The van der Waals surface area contributed by atoms with Gasteiger partial charge in [0.15, 0.2) is 0 Å². The summed E-state index contributed by atoms with van der Waals surface area (Å²) in [6.45, 7) is 6.34. The molecule has 0 aliphatic heterocycles. The van der Waals surface area contributed by atoms with Gasteiger partial charge in [0, 0.05) is 11.1 Å². The molecule has 120 valence electrons. The average Bonchev–Trinajstić information content (AvgIpc) is 2.59. The van der Waals surface area contributed by atoms with Crippen molar-refractivity contribution in [2.24, 2.45) is 5.10 Å². The lowest BCUT2D eigenvalue weighted by Crippen LogP contribution is -2.07. The number of rotatable bonds is 4. The summed E-state index contributed by atoms with van der Waals surface area (Å²) in [6.07, 6.45) is 0. The average molecular weight is 314 g/mol. The van der Waals surface area contributed by atoms with E-state index in [-0.39, 0.29) is 0 Å². The fourth-order valence-corrected chi connectivity index (χ4v) is 2.96. The van der Waals surface area contributed by atoms with E-state index in [0.29, 0.717) is 0 Å². The summed E-state index contributed by atoms with van der Waals surface area (Å²) in [5.74, 6) is 0. The third kappa shape index (κ3) is 3.54. The van der Waals surface area contributed by atoms with Gasteiger partial charge in [0.25, 0.3) is 0 Å². The summed E-state index contributed by atoms with van der Waals surface area (Å²) < 4.78 is 0. The molecule has 2 heteroatoms. The van der Waals surface area contributed by atoms with Gasteiger partial charge in [-0.25, -0.2) is 0 Å². The Hall–Kier alpha value is -2.87. The van der Waals surface area contributed by atoms with Crippen LogP contribution in [0.1, 0.15) is 27.8 Å². The fourth-order valence-electron chi connectivity index (χ4n) is 2.96. The molecule has 2 nitrogen and oxygen atoms in total. The zero-order valence-electron chi connectivity index (χ0n) is 14.4. The first-order valence-corrected chi connectivity index (χ1v) is 8.17. The highest BCUT2D eigenvalue weighted by Gasteiger charge is 2.08. The van der Waals surface area contributed by atoms with Crippen molar-refractivity contribution in [1.29, 1.82) is 0 Å². The van der Waals surface area contributed by atoms with Crippen molar-refractivity contribution in [2.75, 3.05) is 5.43 Å². The molecule has 0 aliphatic rings. The summed E-state index contributed by atoms with van der Waals surface area (Å²) in [5, 5.41) is 4.75. The van der Waals surface area contributed by atoms with Crippen molar-refractivity contribution < 1.29 is 0 Å². The van der Waals surface area contributed by atoms with Crippen molar-refractivity contribution in [3.8, 4) is 0 Å². The Bertz CT molecular complexity index is 785. The van der Waals surface area contributed by atoms with E-state index in [4.69, 9.17) is 5.10 Å². The van der Waals surface area contributed by atoms with Gasteiger partial charge in [-0.1, -0.05) is 78.4 Å². The van der Waals surface area contributed by atoms with E-state index >= 15 is 0 Å². The van der Waals surface area contributed by atoms with Crippen LogP contribution in [-0.2, 0) is 0 Å². The molecule has 0 saturated carbocycles. The molecule has 3 aromatic rings. The molecule has 0 heterocycles. The van der Waals surface area contributed by atoms with Gasteiger partial charge >= 0.3 is 0 Å². The lowest BCUT2D eigenvalue weighted by atomic mass is 10.0. The predicted octanol–water partition coefficient (Wildman–Crippen LogP) is 5.48. The third-order valence-corrected chi connectivity index (χ3v) is 4.05. The smallest absolute Gasteiger partial charge is 0.0977 e. The largest absolute Gasteiger partial charge is 0.277 e. The van der Waals surface area contributed by atoms with Crippen LogP contribution in [0.2, 0.25) is 0 Å². The second-order valence-corrected chi connectivity index (χ2v) is 6.08. The zero-order chi connectivity index (χ0) is 16.9. The number of benzene rings is 3. The first kappa shape index (κ1) is 16.0. The number of nitrogens with zero attached hydrogens (tertiary/aromatic N) is 1. The second kappa shape index (κ2) is 7.14. The lowest BCUT2D eigenvalue weighted by molar-refractivity contribution is 1.24. The Morgan fingerprint density at radius 1 is 0.708 bits per heavy atom.